The summed E-state index contributed by atoms with van der Waals surface area (Å²) < 4.78 is 5.58. The van der Waals surface area contributed by atoms with Crippen LogP contribution >= 0.6 is 11.8 Å². The summed E-state index contributed by atoms with van der Waals surface area (Å²) in [5.41, 5.74) is 5.86. The number of benzene rings is 2. The van der Waals surface area contributed by atoms with E-state index < -0.39 is 0 Å². The highest BCUT2D eigenvalue weighted by Crippen LogP contribution is 2.23. The first-order valence-corrected chi connectivity index (χ1v) is 10.5. The maximum atomic E-state index is 12.2. The zero-order valence-electron chi connectivity index (χ0n) is 17.4. The second-order valence-electron chi connectivity index (χ2n) is 7.13. The van der Waals surface area contributed by atoms with Gasteiger partial charge in [-0.15, -0.1) is 10.2 Å². The summed E-state index contributed by atoms with van der Waals surface area (Å²) in [6.07, 6.45) is 0. The molecule has 0 aliphatic carbocycles. The summed E-state index contributed by atoms with van der Waals surface area (Å²) in [4.78, 5) is 24.3. The Kier molecular flexibility index (Phi) is 6.89. The number of hydrogen-bond donors (Lipinski definition) is 2. The van der Waals surface area contributed by atoms with Gasteiger partial charge in [0, 0.05) is 11.3 Å². The number of nitrogens with one attached hydrogen (secondary N) is 2. The molecule has 0 bridgehead atoms. The molecule has 30 heavy (non-hydrogen) atoms. The monoisotopic (exact) mass is 424 g/mol. The molecule has 3 rings (SSSR count). The molecule has 156 valence electrons. The standard InChI is InChI=1S/C22H24N4O3S/c1-13-5-7-17(8-6-13)21-25-26-22(29-21)30-12-19(28)23-11-18(27)24-20-15(3)9-14(2)10-16(20)4/h5-10H,11-12H2,1-4H3,(H,23,28)(H,24,27). The van der Waals surface area contributed by atoms with Crippen molar-refractivity contribution in [1.82, 2.24) is 15.5 Å². The topological polar surface area (TPSA) is 97.1 Å². The number of hydrogen-bond acceptors (Lipinski definition) is 6. The largest absolute Gasteiger partial charge is 0.411 e. The van der Waals surface area contributed by atoms with E-state index in [0.717, 1.165) is 45.3 Å². The number of carbonyl (C=O) groups excluding carboxylic acids is 2. The molecule has 0 aliphatic rings. The molecule has 0 radical (unpaired) electrons. The summed E-state index contributed by atoms with van der Waals surface area (Å²) in [5.74, 6) is -0.0858. The van der Waals surface area contributed by atoms with E-state index in [9.17, 15) is 9.59 Å². The molecule has 2 N–H and O–H groups in total. The summed E-state index contributed by atoms with van der Waals surface area (Å²) in [5, 5.41) is 13.7. The first-order chi connectivity index (χ1) is 14.3. The minimum Gasteiger partial charge on any atom is -0.411 e. The molecule has 1 heterocycles. The van der Waals surface area contributed by atoms with Gasteiger partial charge in [0.15, 0.2) is 0 Å². The van der Waals surface area contributed by atoms with E-state index >= 15 is 0 Å². The van der Waals surface area contributed by atoms with E-state index in [1.165, 1.54) is 0 Å². The van der Waals surface area contributed by atoms with Crippen LogP contribution in [0.15, 0.2) is 46.0 Å². The van der Waals surface area contributed by atoms with E-state index in [2.05, 4.69) is 20.8 Å². The highest BCUT2D eigenvalue weighted by molar-refractivity contribution is 7.99. The van der Waals surface area contributed by atoms with Crippen LogP contribution in [0.3, 0.4) is 0 Å². The molecule has 0 spiro atoms. The van der Waals surface area contributed by atoms with Crippen molar-refractivity contribution in [3.63, 3.8) is 0 Å². The fourth-order valence-corrected chi connectivity index (χ4v) is 3.59. The lowest BCUT2D eigenvalue weighted by Gasteiger charge is -2.13. The Morgan fingerprint density at radius 2 is 1.60 bits per heavy atom. The van der Waals surface area contributed by atoms with Crippen molar-refractivity contribution in [1.29, 1.82) is 0 Å². The van der Waals surface area contributed by atoms with Crippen molar-refractivity contribution in [3.8, 4) is 11.5 Å². The zero-order chi connectivity index (χ0) is 21.7. The van der Waals surface area contributed by atoms with Gasteiger partial charge in [-0.1, -0.05) is 47.2 Å². The molecule has 0 atom stereocenters. The zero-order valence-corrected chi connectivity index (χ0v) is 18.2. The number of anilines is 1. The second-order valence-corrected chi connectivity index (χ2v) is 8.05. The Morgan fingerprint density at radius 3 is 2.27 bits per heavy atom. The van der Waals surface area contributed by atoms with Crippen LogP contribution in [-0.4, -0.2) is 34.3 Å². The van der Waals surface area contributed by atoms with E-state index in [4.69, 9.17) is 4.42 Å². The third kappa shape index (κ3) is 5.70. The van der Waals surface area contributed by atoms with Crippen LogP contribution in [0.25, 0.3) is 11.5 Å². The van der Waals surface area contributed by atoms with Crippen LogP contribution in [0.2, 0.25) is 0 Å². The van der Waals surface area contributed by atoms with Gasteiger partial charge in [0.2, 0.25) is 17.7 Å². The smallest absolute Gasteiger partial charge is 0.277 e. The van der Waals surface area contributed by atoms with Crippen molar-refractivity contribution < 1.29 is 14.0 Å². The van der Waals surface area contributed by atoms with Gasteiger partial charge in [0.1, 0.15) is 0 Å². The predicted octanol–water partition coefficient (Wildman–Crippen LogP) is 3.82. The van der Waals surface area contributed by atoms with Gasteiger partial charge in [0.25, 0.3) is 5.22 Å². The average molecular weight is 425 g/mol. The van der Waals surface area contributed by atoms with E-state index in [-0.39, 0.29) is 24.1 Å². The van der Waals surface area contributed by atoms with E-state index in [0.29, 0.717) is 11.1 Å². The van der Waals surface area contributed by atoms with Gasteiger partial charge >= 0.3 is 0 Å². The first-order valence-electron chi connectivity index (χ1n) is 9.49. The highest BCUT2D eigenvalue weighted by atomic mass is 32.2. The molecule has 7 nitrogen and oxygen atoms in total. The maximum Gasteiger partial charge on any atom is 0.277 e. The van der Waals surface area contributed by atoms with E-state index in [1.807, 2.05) is 64.1 Å². The molecule has 1 aromatic heterocycles. The fraction of sp³-hybridized carbons (Fsp3) is 0.273. The molecule has 0 aliphatic heterocycles. The molecule has 2 amide bonds. The van der Waals surface area contributed by atoms with Gasteiger partial charge < -0.3 is 15.1 Å². The Labute approximate surface area is 179 Å². The number of aromatic nitrogens is 2. The summed E-state index contributed by atoms with van der Waals surface area (Å²) in [6.45, 7) is 7.79. The number of thioether (sulfide) groups is 1. The summed E-state index contributed by atoms with van der Waals surface area (Å²) in [6, 6.07) is 11.7. The maximum absolute atomic E-state index is 12.2. The molecule has 0 saturated carbocycles. The minimum atomic E-state index is -0.289. The molecule has 8 heteroatoms. The van der Waals surface area contributed by atoms with Crippen molar-refractivity contribution in [2.45, 2.75) is 32.9 Å². The number of carbonyl (C=O) groups is 2. The SMILES string of the molecule is Cc1ccc(-c2nnc(SCC(=O)NCC(=O)Nc3c(C)cc(C)cc3C)o2)cc1. The normalized spacial score (nSPS) is 10.7. The van der Waals surface area contributed by atoms with Crippen LogP contribution in [0.4, 0.5) is 5.69 Å². The predicted molar refractivity (Wildman–Crippen MR) is 117 cm³/mol. The molecular formula is C22H24N4O3S. The van der Waals surface area contributed by atoms with Crippen molar-refractivity contribution in [3.05, 3.63) is 58.7 Å². The quantitative estimate of drug-likeness (QED) is 0.560. The van der Waals surface area contributed by atoms with Gasteiger partial charge in [0.05, 0.1) is 12.3 Å². The van der Waals surface area contributed by atoms with Crippen LogP contribution in [0, 0.1) is 27.7 Å². The second kappa shape index (κ2) is 9.58. The number of amides is 2. The van der Waals surface area contributed by atoms with Crippen molar-refractivity contribution >= 4 is 29.3 Å². The lowest BCUT2D eigenvalue weighted by Crippen LogP contribution is -2.34. The highest BCUT2D eigenvalue weighted by Gasteiger charge is 2.13. The first kappa shape index (κ1) is 21.6. The molecule has 0 unspecified atom stereocenters. The van der Waals surface area contributed by atoms with Crippen molar-refractivity contribution in [2.75, 3.05) is 17.6 Å². The molecule has 0 fully saturated rings. The average Bonchev–Trinajstić information content (AvgIpc) is 3.17. The van der Waals surface area contributed by atoms with Gasteiger partial charge in [-0.05, 0) is 51.0 Å². The number of rotatable bonds is 7. The minimum absolute atomic E-state index is 0.0748. The fourth-order valence-electron chi connectivity index (χ4n) is 3.00. The Morgan fingerprint density at radius 1 is 0.933 bits per heavy atom. The summed E-state index contributed by atoms with van der Waals surface area (Å²) >= 11 is 1.13. The molecule has 0 saturated heterocycles. The van der Waals surface area contributed by atoms with Crippen LogP contribution in [0.1, 0.15) is 22.3 Å². The van der Waals surface area contributed by atoms with Gasteiger partial charge in [-0.3, -0.25) is 9.59 Å². The Bertz CT molecular complexity index is 1040. The van der Waals surface area contributed by atoms with Crippen LogP contribution < -0.4 is 10.6 Å². The number of nitrogens with zero attached hydrogens (tertiary/aromatic N) is 2. The Balaban J connectivity index is 1.46. The Hall–Kier alpha value is -3.13. The lowest BCUT2D eigenvalue weighted by molar-refractivity contribution is -0.122. The van der Waals surface area contributed by atoms with E-state index in [1.54, 1.807) is 0 Å². The third-order valence-corrected chi connectivity index (χ3v) is 5.24. The lowest BCUT2D eigenvalue weighted by atomic mass is 10.1. The van der Waals surface area contributed by atoms with Crippen LogP contribution in [-0.2, 0) is 9.59 Å². The molecule has 2 aromatic carbocycles. The molecular weight excluding hydrogens is 400 g/mol. The number of aryl methyl sites for hydroxylation is 4. The summed E-state index contributed by atoms with van der Waals surface area (Å²) in [7, 11) is 0. The van der Waals surface area contributed by atoms with Gasteiger partial charge in [-0.2, -0.15) is 0 Å². The molecule has 3 aromatic rings. The third-order valence-electron chi connectivity index (χ3n) is 4.42. The van der Waals surface area contributed by atoms with Gasteiger partial charge in [-0.25, -0.2) is 0 Å². The van der Waals surface area contributed by atoms with Crippen molar-refractivity contribution in [2.24, 2.45) is 0 Å². The van der Waals surface area contributed by atoms with Crippen LogP contribution in [0.5, 0.6) is 0 Å².